The Labute approximate surface area is 112 Å². The first-order chi connectivity index (χ1) is 8.33. The second-order valence-corrected chi connectivity index (χ2v) is 5.45. The van der Waals surface area contributed by atoms with Gasteiger partial charge in [-0.25, -0.2) is 0 Å². The molecule has 0 unspecified atom stereocenters. The fourth-order valence-corrected chi connectivity index (χ4v) is 2.75. The number of halogens is 1. The molecule has 0 aliphatic carbocycles. The summed E-state index contributed by atoms with van der Waals surface area (Å²) >= 11 is 3.60. The molecule has 0 N–H and O–H groups in total. The fraction of sp³-hybridized carbons (Fsp3) is 0.467. The zero-order valence-corrected chi connectivity index (χ0v) is 12.0. The van der Waals surface area contributed by atoms with Crippen molar-refractivity contribution < 1.29 is 0 Å². The summed E-state index contributed by atoms with van der Waals surface area (Å²) in [5, 5.41) is 1.32. The molecule has 0 fully saturated rings. The van der Waals surface area contributed by atoms with Crippen molar-refractivity contribution in [1.29, 1.82) is 0 Å². The first-order valence-electron chi connectivity index (χ1n) is 6.56. The minimum absolute atomic E-state index is 1.14. The van der Waals surface area contributed by atoms with Crippen LogP contribution >= 0.6 is 15.9 Å². The second-order valence-electron chi connectivity index (χ2n) is 4.60. The predicted octanol–water partition coefficient (Wildman–Crippen LogP) is 5.37. The lowest BCUT2D eigenvalue weighted by Crippen LogP contribution is -1.95. The van der Waals surface area contributed by atoms with E-state index in [1.807, 2.05) is 0 Å². The summed E-state index contributed by atoms with van der Waals surface area (Å²) in [5.74, 6) is 0. The Bertz CT molecular complexity index is 473. The van der Waals surface area contributed by atoms with Crippen LogP contribution in [-0.4, -0.2) is 4.57 Å². The highest BCUT2D eigenvalue weighted by Gasteiger charge is 2.02. The molecule has 92 valence electrons. The third kappa shape index (κ3) is 3.12. The predicted molar refractivity (Wildman–Crippen MR) is 78.4 cm³/mol. The molecule has 1 nitrogen and oxygen atoms in total. The smallest absolute Gasteiger partial charge is 0.0491 e. The van der Waals surface area contributed by atoms with Crippen LogP contribution in [0.1, 0.15) is 39.0 Å². The summed E-state index contributed by atoms with van der Waals surface area (Å²) in [6.07, 6.45) is 8.91. The van der Waals surface area contributed by atoms with Gasteiger partial charge in [0, 0.05) is 28.1 Å². The molecule has 2 aromatic rings. The lowest BCUT2D eigenvalue weighted by Gasteiger charge is -2.05. The topological polar surface area (TPSA) is 4.93 Å². The Balaban J connectivity index is 1.97. The van der Waals surface area contributed by atoms with Gasteiger partial charge in [-0.3, -0.25) is 0 Å². The number of hydrogen-bond acceptors (Lipinski definition) is 0. The van der Waals surface area contributed by atoms with E-state index >= 15 is 0 Å². The molecule has 0 saturated carbocycles. The van der Waals surface area contributed by atoms with Crippen LogP contribution in [0.15, 0.2) is 34.9 Å². The SMILES string of the molecule is CCCCCCCn1ccc2c(Br)cccc21. The largest absolute Gasteiger partial charge is 0.347 e. The number of aromatic nitrogens is 1. The normalized spacial score (nSPS) is 11.2. The number of rotatable bonds is 6. The van der Waals surface area contributed by atoms with Crippen LogP contribution in [0.3, 0.4) is 0 Å². The molecule has 17 heavy (non-hydrogen) atoms. The summed E-state index contributed by atoms with van der Waals surface area (Å²) in [6.45, 7) is 3.40. The Morgan fingerprint density at radius 2 is 1.88 bits per heavy atom. The van der Waals surface area contributed by atoms with Crippen molar-refractivity contribution in [2.24, 2.45) is 0 Å². The third-order valence-electron chi connectivity index (χ3n) is 3.26. The van der Waals surface area contributed by atoms with E-state index < -0.39 is 0 Å². The molecule has 0 bridgehead atoms. The standard InChI is InChI=1S/C15H20BrN/c1-2-3-4-5-6-11-17-12-10-13-14(16)8-7-9-15(13)17/h7-10,12H,2-6,11H2,1H3. The van der Waals surface area contributed by atoms with Crippen LogP contribution in [0.2, 0.25) is 0 Å². The summed E-state index contributed by atoms with van der Waals surface area (Å²) in [7, 11) is 0. The number of nitrogens with zero attached hydrogens (tertiary/aromatic N) is 1. The Morgan fingerprint density at radius 3 is 2.71 bits per heavy atom. The molecule has 0 radical (unpaired) electrons. The second kappa shape index (κ2) is 6.25. The van der Waals surface area contributed by atoms with Gasteiger partial charge >= 0.3 is 0 Å². The molecule has 1 heterocycles. The first-order valence-corrected chi connectivity index (χ1v) is 7.35. The van der Waals surface area contributed by atoms with Gasteiger partial charge in [0.15, 0.2) is 0 Å². The van der Waals surface area contributed by atoms with Crippen molar-refractivity contribution in [3.63, 3.8) is 0 Å². The van der Waals surface area contributed by atoms with Gasteiger partial charge in [0.05, 0.1) is 0 Å². The van der Waals surface area contributed by atoms with Crippen LogP contribution in [0.25, 0.3) is 10.9 Å². The molecule has 0 saturated heterocycles. The Hall–Kier alpha value is -0.760. The van der Waals surface area contributed by atoms with E-state index in [-0.39, 0.29) is 0 Å². The van der Waals surface area contributed by atoms with Gasteiger partial charge in [0.2, 0.25) is 0 Å². The molecule has 2 rings (SSSR count). The molecule has 0 aliphatic rings. The van der Waals surface area contributed by atoms with Gasteiger partial charge in [-0.1, -0.05) is 54.6 Å². The number of fused-ring (bicyclic) bond motifs is 1. The minimum atomic E-state index is 1.14. The Kier molecular flexibility index (Phi) is 4.66. The van der Waals surface area contributed by atoms with Crippen molar-refractivity contribution in [1.82, 2.24) is 4.57 Å². The highest BCUT2D eigenvalue weighted by Crippen LogP contribution is 2.25. The Morgan fingerprint density at radius 1 is 1.06 bits per heavy atom. The van der Waals surface area contributed by atoms with E-state index in [1.165, 1.54) is 47.5 Å². The summed E-state index contributed by atoms with van der Waals surface area (Å²) < 4.78 is 3.56. The van der Waals surface area contributed by atoms with Gasteiger partial charge in [-0.05, 0) is 24.6 Å². The molecule has 0 spiro atoms. The highest BCUT2D eigenvalue weighted by atomic mass is 79.9. The van der Waals surface area contributed by atoms with Gasteiger partial charge in [-0.2, -0.15) is 0 Å². The van der Waals surface area contributed by atoms with Crippen LogP contribution in [-0.2, 0) is 6.54 Å². The third-order valence-corrected chi connectivity index (χ3v) is 3.95. The van der Waals surface area contributed by atoms with Crippen LogP contribution in [0.4, 0.5) is 0 Å². The van der Waals surface area contributed by atoms with E-state index in [0.717, 1.165) is 6.54 Å². The fourth-order valence-electron chi connectivity index (χ4n) is 2.27. The summed E-state index contributed by atoms with van der Waals surface area (Å²) in [5.41, 5.74) is 1.34. The number of aryl methyl sites for hydroxylation is 1. The van der Waals surface area contributed by atoms with Gasteiger partial charge in [-0.15, -0.1) is 0 Å². The van der Waals surface area contributed by atoms with E-state index in [0.29, 0.717) is 0 Å². The zero-order chi connectivity index (χ0) is 12.1. The minimum Gasteiger partial charge on any atom is -0.347 e. The van der Waals surface area contributed by atoms with Crippen molar-refractivity contribution in [2.75, 3.05) is 0 Å². The monoisotopic (exact) mass is 293 g/mol. The molecular formula is C15H20BrN. The molecule has 2 heteroatoms. The van der Waals surface area contributed by atoms with Crippen molar-refractivity contribution >= 4 is 26.8 Å². The van der Waals surface area contributed by atoms with Crippen molar-refractivity contribution in [3.8, 4) is 0 Å². The average Bonchev–Trinajstić information content (AvgIpc) is 2.74. The van der Waals surface area contributed by atoms with Crippen LogP contribution in [0, 0.1) is 0 Å². The first kappa shape index (κ1) is 12.7. The lowest BCUT2D eigenvalue weighted by atomic mass is 10.1. The number of hydrogen-bond donors (Lipinski definition) is 0. The molecule has 1 aromatic carbocycles. The van der Waals surface area contributed by atoms with Crippen molar-refractivity contribution in [2.45, 2.75) is 45.6 Å². The van der Waals surface area contributed by atoms with Crippen LogP contribution in [0.5, 0.6) is 0 Å². The summed E-state index contributed by atoms with van der Waals surface area (Å²) in [4.78, 5) is 0. The van der Waals surface area contributed by atoms with E-state index in [2.05, 4.69) is 57.9 Å². The summed E-state index contributed by atoms with van der Waals surface area (Å²) in [6, 6.07) is 8.62. The van der Waals surface area contributed by atoms with Gasteiger partial charge in [0.1, 0.15) is 0 Å². The van der Waals surface area contributed by atoms with Crippen LogP contribution < -0.4 is 0 Å². The van der Waals surface area contributed by atoms with Gasteiger partial charge in [0.25, 0.3) is 0 Å². The van der Waals surface area contributed by atoms with E-state index in [4.69, 9.17) is 0 Å². The molecule has 0 amide bonds. The average molecular weight is 294 g/mol. The highest BCUT2D eigenvalue weighted by molar-refractivity contribution is 9.10. The maximum Gasteiger partial charge on any atom is 0.0491 e. The quantitative estimate of drug-likeness (QED) is 0.631. The maximum atomic E-state index is 3.60. The zero-order valence-electron chi connectivity index (χ0n) is 10.5. The maximum absolute atomic E-state index is 3.60. The van der Waals surface area contributed by atoms with Crippen molar-refractivity contribution in [3.05, 3.63) is 34.9 Å². The molecule has 0 aliphatic heterocycles. The molecule has 0 atom stereocenters. The molecular weight excluding hydrogens is 274 g/mol. The van der Waals surface area contributed by atoms with E-state index in [9.17, 15) is 0 Å². The number of benzene rings is 1. The molecule has 1 aromatic heterocycles. The van der Waals surface area contributed by atoms with E-state index in [1.54, 1.807) is 0 Å². The van der Waals surface area contributed by atoms with Gasteiger partial charge < -0.3 is 4.57 Å². The lowest BCUT2D eigenvalue weighted by molar-refractivity contribution is 0.577. The number of unbranched alkanes of at least 4 members (excludes halogenated alkanes) is 4.